The lowest BCUT2D eigenvalue weighted by molar-refractivity contribution is 0.00111. The van der Waals surface area contributed by atoms with Crippen LogP contribution in [-0.4, -0.2) is 63.0 Å². The van der Waals surface area contributed by atoms with Gasteiger partial charge < -0.3 is 30.7 Å². The Morgan fingerprint density at radius 3 is 2.70 bits per heavy atom. The summed E-state index contributed by atoms with van der Waals surface area (Å²) < 4.78 is 25.8. The van der Waals surface area contributed by atoms with E-state index in [2.05, 4.69) is 33.7 Å². The van der Waals surface area contributed by atoms with Gasteiger partial charge >= 0.3 is 0 Å². The van der Waals surface area contributed by atoms with Crippen LogP contribution in [0.25, 0.3) is 0 Å². The number of halogens is 1. The van der Waals surface area contributed by atoms with Gasteiger partial charge in [0.1, 0.15) is 17.4 Å². The van der Waals surface area contributed by atoms with Gasteiger partial charge in [0, 0.05) is 61.3 Å². The highest BCUT2D eigenvalue weighted by molar-refractivity contribution is 5.94. The summed E-state index contributed by atoms with van der Waals surface area (Å²) in [6.07, 6.45) is 10.2. The molecule has 0 atom stereocenters. The van der Waals surface area contributed by atoms with Gasteiger partial charge in [0.15, 0.2) is 0 Å². The van der Waals surface area contributed by atoms with Crippen molar-refractivity contribution in [3.8, 4) is 0 Å². The van der Waals surface area contributed by atoms with Gasteiger partial charge in [-0.25, -0.2) is 9.38 Å². The second kappa shape index (κ2) is 14.7. The van der Waals surface area contributed by atoms with Gasteiger partial charge in [-0.15, -0.1) is 0 Å². The van der Waals surface area contributed by atoms with E-state index in [1.54, 1.807) is 25.5 Å². The predicted molar refractivity (Wildman–Crippen MR) is 170 cm³/mol. The number of benzene rings is 1. The predicted octanol–water partition coefficient (Wildman–Crippen LogP) is 5.12. The van der Waals surface area contributed by atoms with Crippen molar-refractivity contribution in [2.24, 2.45) is 16.1 Å². The lowest BCUT2D eigenvalue weighted by Gasteiger charge is -2.52. The standard InChI is InChI=1S/C34H46FN5O3/c1-6-30(23(2)7-11-37-25(4)36)32-31(8-15-43-32)24(3)38-22-26-17-27(19-28(35)18-26)33(41)39-29-20-34(21-29)9-12-40(13-10-34)14-16-42-5/h6-7,11,17-19,29,38H,1,4,8-10,12-16,20-22,36H2,2-3,5H3,(H,39,41)/b23-7+,31-24+,32-30-,37-11-. The third-order valence-corrected chi connectivity index (χ3v) is 8.76. The number of hydrogen-bond acceptors (Lipinski definition) is 7. The smallest absolute Gasteiger partial charge is 0.251 e. The zero-order valence-electron chi connectivity index (χ0n) is 25.8. The summed E-state index contributed by atoms with van der Waals surface area (Å²) in [5.41, 5.74) is 10.6. The van der Waals surface area contributed by atoms with E-state index in [4.69, 9.17) is 15.2 Å². The van der Waals surface area contributed by atoms with E-state index in [1.165, 1.54) is 12.1 Å². The first kappa shape index (κ1) is 32.2. The maximum Gasteiger partial charge on any atom is 0.251 e. The average molecular weight is 592 g/mol. The van der Waals surface area contributed by atoms with Crippen LogP contribution in [0.2, 0.25) is 0 Å². The summed E-state index contributed by atoms with van der Waals surface area (Å²) in [4.78, 5) is 19.5. The third-order valence-electron chi connectivity index (χ3n) is 8.76. The van der Waals surface area contributed by atoms with Gasteiger partial charge in [-0.3, -0.25) is 4.79 Å². The van der Waals surface area contributed by atoms with Crippen molar-refractivity contribution in [2.75, 3.05) is 40.0 Å². The zero-order chi connectivity index (χ0) is 31.0. The summed E-state index contributed by atoms with van der Waals surface area (Å²) in [6.45, 7) is 16.3. The van der Waals surface area contributed by atoms with Crippen LogP contribution in [0.4, 0.5) is 4.39 Å². The Morgan fingerprint density at radius 2 is 2.02 bits per heavy atom. The molecule has 1 saturated carbocycles. The van der Waals surface area contributed by atoms with Crippen molar-refractivity contribution in [3.05, 3.63) is 94.4 Å². The molecule has 232 valence electrons. The summed E-state index contributed by atoms with van der Waals surface area (Å²) >= 11 is 0. The van der Waals surface area contributed by atoms with Crippen molar-refractivity contribution >= 4 is 12.1 Å². The van der Waals surface area contributed by atoms with E-state index in [1.807, 2.05) is 19.9 Å². The number of likely N-dealkylation sites (tertiary alicyclic amines) is 1. The highest BCUT2D eigenvalue weighted by Crippen LogP contribution is 2.49. The first-order valence-electron chi connectivity index (χ1n) is 15.0. The Bertz CT molecular complexity index is 1330. The Balaban J connectivity index is 1.36. The average Bonchev–Trinajstić information content (AvgIpc) is 3.44. The van der Waals surface area contributed by atoms with Crippen LogP contribution < -0.4 is 16.4 Å². The molecule has 1 aromatic carbocycles. The van der Waals surface area contributed by atoms with Crippen molar-refractivity contribution in [1.82, 2.24) is 15.5 Å². The second-order valence-electron chi connectivity index (χ2n) is 11.9. The molecule has 3 aliphatic rings. The second-order valence-corrected chi connectivity index (χ2v) is 11.9. The number of nitrogens with zero attached hydrogens (tertiary/aromatic N) is 2. The van der Waals surface area contributed by atoms with Crippen LogP contribution in [0.1, 0.15) is 61.9 Å². The lowest BCUT2D eigenvalue weighted by atomic mass is 9.60. The summed E-state index contributed by atoms with van der Waals surface area (Å²) in [7, 11) is 1.74. The molecule has 2 heterocycles. The van der Waals surface area contributed by atoms with Gasteiger partial charge in [-0.1, -0.05) is 19.2 Å². The minimum Gasteiger partial charge on any atom is -0.492 e. The van der Waals surface area contributed by atoms with Gasteiger partial charge in [0.05, 0.1) is 13.2 Å². The number of methoxy groups -OCH3 is 1. The van der Waals surface area contributed by atoms with Crippen LogP contribution in [-0.2, 0) is 16.0 Å². The number of ether oxygens (including phenoxy) is 2. The lowest BCUT2D eigenvalue weighted by Crippen LogP contribution is -2.55. The molecule has 0 aromatic heterocycles. The number of hydrogen-bond donors (Lipinski definition) is 3. The Kier molecular flexibility index (Phi) is 11.0. The van der Waals surface area contributed by atoms with Crippen LogP contribution in [0.15, 0.2) is 82.5 Å². The maximum atomic E-state index is 14.6. The molecule has 1 amide bonds. The van der Waals surface area contributed by atoms with Crippen molar-refractivity contribution in [3.63, 3.8) is 0 Å². The monoisotopic (exact) mass is 591 g/mol. The molecule has 1 aliphatic carbocycles. The minimum absolute atomic E-state index is 0.138. The molecule has 4 N–H and O–H groups in total. The maximum absolute atomic E-state index is 14.6. The molecule has 9 heteroatoms. The third kappa shape index (κ3) is 8.45. The number of piperidine rings is 1. The number of rotatable bonds is 12. The SMILES string of the molecule is C=CC(=C1/OCC/C1=C(/C)NCc1cc(F)cc(C(=O)NC2CC3(CCN(CCOC)CC3)C2)c1)/C(C)=C/C=N\C(=C)N. The fraction of sp³-hybridized carbons (Fsp3) is 0.471. The Hall–Kier alpha value is -3.69. The summed E-state index contributed by atoms with van der Waals surface area (Å²) in [5, 5.41) is 6.55. The fourth-order valence-electron chi connectivity index (χ4n) is 6.28. The zero-order valence-corrected chi connectivity index (χ0v) is 25.8. The molecule has 0 bridgehead atoms. The number of allylic oxidation sites excluding steroid dienone is 6. The topological polar surface area (TPSA) is 101 Å². The van der Waals surface area contributed by atoms with Gasteiger partial charge in [-0.2, -0.15) is 0 Å². The highest BCUT2D eigenvalue weighted by Gasteiger charge is 2.46. The molecule has 0 radical (unpaired) electrons. The Morgan fingerprint density at radius 1 is 1.28 bits per heavy atom. The summed E-state index contributed by atoms with van der Waals surface area (Å²) in [6, 6.07) is 4.68. The van der Waals surface area contributed by atoms with E-state index in [9.17, 15) is 9.18 Å². The molecular weight excluding hydrogens is 545 g/mol. The molecule has 1 spiro atoms. The van der Waals surface area contributed by atoms with Crippen molar-refractivity contribution in [2.45, 2.75) is 58.5 Å². The van der Waals surface area contributed by atoms with E-state index in [0.29, 0.717) is 29.7 Å². The molecule has 4 rings (SSSR count). The first-order valence-corrected chi connectivity index (χ1v) is 15.0. The molecular formula is C34H46FN5O3. The number of carbonyl (C=O) groups is 1. The number of aliphatic imine (C=N–C) groups is 1. The first-order chi connectivity index (χ1) is 20.6. The van der Waals surface area contributed by atoms with E-state index < -0.39 is 5.82 Å². The molecule has 2 saturated heterocycles. The molecule has 43 heavy (non-hydrogen) atoms. The largest absolute Gasteiger partial charge is 0.492 e. The van der Waals surface area contributed by atoms with Crippen LogP contribution in [0.5, 0.6) is 0 Å². The van der Waals surface area contributed by atoms with Crippen LogP contribution in [0, 0.1) is 11.2 Å². The van der Waals surface area contributed by atoms with Crippen LogP contribution in [0.3, 0.4) is 0 Å². The van der Waals surface area contributed by atoms with Crippen LogP contribution >= 0.6 is 0 Å². The summed E-state index contributed by atoms with van der Waals surface area (Å²) in [5.74, 6) is 0.341. The Labute approximate surface area is 255 Å². The number of amides is 1. The molecule has 8 nitrogen and oxygen atoms in total. The molecule has 3 fully saturated rings. The van der Waals surface area contributed by atoms with E-state index in [0.717, 1.165) is 86.5 Å². The highest BCUT2D eigenvalue weighted by atomic mass is 19.1. The number of nitrogens with one attached hydrogen (secondary N) is 2. The number of nitrogens with two attached hydrogens (primary N) is 1. The molecule has 2 aliphatic heterocycles. The fourth-order valence-corrected chi connectivity index (χ4v) is 6.28. The minimum atomic E-state index is -0.426. The van der Waals surface area contributed by atoms with E-state index in [-0.39, 0.29) is 17.8 Å². The quantitative estimate of drug-likeness (QED) is 0.292. The number of carbonyl (C=O) groups excluding carboxylic acids is 1. The van der Waals surface area contributed by atoms with Crippen molar-refractivity contribution < 1.29 is 18.7 Å². The van der Waals surface area contributed by atoms with E-state index >= 15 is 0 Å². The molecule has 0 unspecified atom stereocenters. The van der Waals surface area contributed by atoms with Gasteiger partial charge in [-0.05, 0) is 93.4 Å². The van der Waals surface area contributed by atoms with Gasteiger partial charge in [0.2, 0.25) is 0 Å². The molecule has 1 aromatic rings. The normalized spacial score (nSPS) is 21.3. The van der Waals surface area contributed by atoms with Crippen molar-refractivity contribution in [1.29, 1.82) is 0 Å². The van der Waals surface area contributed by atoms with Gasteiger partial charge in [0.25, 0.3) is 5.91 Å².